The maximum Gasteiger partial charge on any atom is 0.397 e. The zero-order valence-corrected chi connectivity index (χ0v) is 44.1. The Labute approximate surface area is 411 Å². The zero-order chi connectivity index (χ0) is 49.1. The van der Waals surface area contributed by atoms with Crippen LogP contribution in [0.2, 0.25) is 0 Å². The number of carbonyl (C=O) groups is 1. The highest BCUT2D eigenvalue weighted by Gasteiger charge is 2.48. The monoisotopic (exact) mass is 978 g/mol. The molecule has 0 aromatic carbocycles. The third-order valence-corrected chi connectivity index (χ3v) is 14.4. The van der Waals surface area contributed by atoms with Crippen molar-refractivity contribution in [2.24, 2.45) is 0 Å². The lowest BCUT2D eigenvalue weighted by atomic mass is 9.99. The van der Waals surface area contributed by atoms with Gasteiger partial charge in [0.1, 0.15) is 24.4 Å². The normalized spacial score (nSPS) is 19.8. The molecule has 1 saturated heterocycles. The van der Waals surface area contributed by atoms with Crippen LogP contribution in [0.5, 0.6) is 0 Å². The van der Waals surface area contributed by atoms with Gasteiger partial charge in [-0.2, -0.15) is 8.42 Å². The average Bonchev–Trinajstić information content (AvgIpc) is 3.30. The first-order chi connectivity index (χ1) is 32.5. The van der Waals surface area contributed by atoms with Gasteiger partial charge in [-0.3, -0.25) is 9.35 Å². The molecular weight excluding hydrogens is 871 g/mol. The van der Waals surface area contributed by atoms with Gasteiger partial charge in [0.2, 0.25) is 5.91 Å². The van der Waals surface area contributed by atoms with Crippen molar-refractivity contribution in [1.29, 1.82) is 0 Å². The quantitative estimate of drug-likeness (QED) is 0.0251. The van der Waals surface area contributed by atoms with Gasteiger partial charge >= 0.3 is 10.4 Å². The van der Waals surface area contributed by atoms with E-state index < -0.39 is 59.9 Å². The van der Waals surface area contributed by atoms with Gasteiger partial charge in [0.25, 0.3) is 0 Å². The first-order valence-electron chi connectivity index (χ1n) is 28.4. The number of aliphatic hydroxyl groups excluding tert-OH is 4. The SMILES string of the molecule is CCCCCCCCCCCCCCCCCCCCCCCCCCCCCCCCC(=O)NC(COC1OC(CO)C(O)C(OS(=O)(=O)O)C1O)C(O)CCCCCCCCCCCC. The summed E-state index contributed by atoms with van der Waals surface area (Å²) in [6.07, 6.45) is 42.9. The van der Waals surface area contributed by atoms with Crippen molar-refractivity contribution in [3.63, 3.8) is 0 Å². The summed E-state index contributed by atoms with van der Waals surface area (Å²) < 4.78 is 47.7. The Morgan fingerprint density at radius 1 is 0.537 bits per heavy atom. The fourth-order valence-corrected chi connectivity index (χ4v) is 10.0. The van der Waals surface area contributed by atoms with Gasteiger partial charge in [0, 0.05) is 6.42 Å². The fraction of sp³-hybridized carbons (Fsp3) is 0.981. The topological polar surface area (TPSA) is 192 Å². The maximum absolute atomic E-state index is 13.1. The summed E-state index contributed by atoms with van der Waals surface area (Å²) in [5, 5.41) is 44.9. The summed E-state index contributed by atoms with van der Waals surface area (Å²) >= 11 is 0. The molecule has 0 bridgehead atoms. The van der Waals surface area contributed by atoms with Crippen LogP contribution in [-0.2, 0) is 28.9 Å². The van der Waals surface area contributed by atoms with Gasteiger partial charge in [-0.15, -0.1) is 0 Å². The van der Waals surface area contributed by atoms with Crippen LogP contribution in [0.4, 0.5) is 0 Å². The number of aliphatic hydroxyl groups is 4. The number of ether oxygens (including phenoxy) is 2. The fourth-order valence-electron chi connectivity index (χ4n) is 9.52. The molecule has 13 heteroatoms. The molecule has 1 amide bonds. The van der Waals surface area contributed by atoms with Crippen LogP contribution in [-0.4, -0.2) is 95.4 Å². The van der Waals surface area contributed by atoms with E-state index in [-0.39, 0.29) is 12.5 Å². The van der Waals surface area contributed by atoms with E-state index in [1.54, 1.807) is 0 Å². The molecule has 400 valence electrons. The molecule has 6 N–H and O–H groups in total. The lowest BCUT2D eigenvalue weighted by Crippen LogP contribution is -2.61. The number of rotatable bonds is 50. The minimum absolute atomic E-state index is 0.225. The second-order valence-electron chi connectivity index (χ2n) is 20.2. The van der Waals surface area contributed by atoms with E-state index >= 15 is 0 Å². The molecule has 12 nitrogen and oxygen atoms in total. The van der Waals surface area contributed by atoms with Crippen LogP contribution in [0.25, 0.3) is 0 Å². The number of hydrogen-bond acceptors (Lipinski definition) is 10. The van der Waals surface area contributed by atoms with Crippen LogP contribution in [0.1, 0.15) is 284 Å². The molecule has 1 rings (SSSR count). The third-order valence-electron chi connectivity index (χ3n) is 13.9. The second kappa shape index (κ2) is 45.0. The first-order valence-corrected chi connectivity index (χ1v) is 29.8. The van der Waals surface area contributed by atoms with E-state index in [2.05, 4.69) is 23.3 Å². The van der Waals surface area contributed by atoms with Crippen LogP contribution in [0.15, 0.2) is 0 Å². The molecule has 7 atom stereocenters. The molecule has 0 saturated carbocycles. The smallest absolute Gasteiger partial charge is 0.394 e. The summed E-state index contributed by atoms with van der Waals surface area (Å²) in [7, 11) is -5.07. The molecule has 0 aromatic heterocycles. The van der Waals surface area contributed by atoms with Gasteiger partial charge in [-0.05, 0) is 12.8 Å². The molecule has 1 aliphatic heterocycles. The molecule has 1 aliphatic rings. The first kappa shape index (κ1) is 64.1. The largest absolute Gasteiger partial charge is 0.397 e. The third kappa shape index (κ3) is 37.5. The Kier molecular flexibility index (Phi) is 43.1. The highest BCUT2D eigenvalue weighted by Crippen LogP contribution is 2.26. The van der Waals surface area contributed by atoms with Gasteiger partial charge in [-0.25, -0.2) is 4.18 Å². The van der Waals surface area contributed by atoms with E-state index in [0.717, 1.165) is 51.4 Å². The molecule has 1 heterocycles. The Balaban J connectivity index is 2.20. The lowest BCUT2D eigenvalue weighted by Gasteiger charge is -2.41. The number of carbonyl (C=O) groups excluding carboxylic acids is 1. The minimum Gasteiger partial charge on any atom is -0.394 e. The summed E-state index contributed by atoms with van der Waals surface area (Å²) in [6.45, 7) is 3.46. The van der Waals surface area contributed by atoms with Crippen LogP contribution in [0.3, 0.4) is 0 Å². The maximum atomic E-state index is 13.1. The van der Waals surface area contributed by atoms with Crippen molar-refractivity contribution in [1.82, 2.24) is 5.32 Å². The van der Waals surface area contributed by atoms with Crippen molar-refractivity contribution >= 4 is 16.3 Å². The predicted octanol–water partition coefficient (Wildman–Crippen LogP) is 12.9. The zero-order valence-electron chi connectivity index (χ0n) is 43.2. The van der Waals surface area contributed by atoms with E-state index in [1.165, 1.54) is 205 Å². The Morgan fingerprint density at radius 3 is 1.19 bits per heavy atom. The highest BCUT2D eigenvalue weighted by molar-refractivity contribution is 7.80. The van der Waals surface area contributed by atoms with Crippen molar-refractivity contribution in [3.05, 3.63) is 0 Å². The van der Waals surface area contributed by atoms with Crippen LogP contribution >= 0.6 is 0 Å². The molecule has 0 aromatic rings. The predicted molar refractivity (Wildman–Crippen MR) is 273 cm³/mol. The Hall–Kier alpha value is -0.900. The van der Waals surface area contributed by atoms with Crippen LogP contribution < -0.4 is 5.32 Å². The highest BCUT2D eigenvalue weighted by atomic mass is 32.3. The van der Waals surface area contributed by atoms with E-state index in [9.17, 15) is 38.2 Å². The van der Waals surface area contributed by atoms with Gasteiger partial charge in [-0.1, -0.05) is 264 Å². The van der Waals surface area contributed by atoms with Gasteiger partial charge < -0.3 is 35.2 Å². The molecule has 1 fully saturated rings. The molecule has 0 radical (unpaired) electrons. The van der Waals surface area contributed by atoms with E-state index in [4.69, 9.17) is 9.47 Å². The average molecular weight is 979 g/mol. The molecule has 0 aliphatic carbocycles. The number of nitrogens with one attached hydrogen (secondary N) is 1. The summed E-state index contributed by atoms with van der Waals surface area (Å²) in [5.41, 5.74) is 0. The molecular formula is C54H107NO11S. The minimum atomic E-state index is -5.07. The molecule has 67 heavy (non-hydrogen) atoms. The number of amides is 1. The van der Waals surface area contributed by atoms with Gasteiger partial charge in [0.15, 0.2) is 6.29 Å². The lowest BCUT2D eigenvalue weighted by molar-refractivity contribution is -0.298. The summed E-state index contributed by atoms with van der Waals surface area (Å²) in [4.78, 5) is 13.1. The standard InChI is InChI=1S/C54H107NO11S/c1-3-5-7-9-11-13-15-16-17-18-19-20-21-22-23-24-25-26-27-28-29-30-31-32-33-34-36-38-40-42-44-50(58)55-47(48(57)43-41-39-37-35-14-12-10-8-6-4-2)46-64-54-52(60)53(66-67(61,62)63)51(59)49(45-56)65-54/h47-49,51-54,56-57,59-60H,3-46H2,1-2H3,(H,55,58)(H,61,62,63). The van der Waals surface area contributed by atoms with Crippen molar-refractivity contribution in [2.45, 2.75) is 326 Å². The second-order valence-corrected chi connectivity index (χ2v) is 21.3. The number of hydrogen-bond donors (Lipinski definition) is 6. The van der Waals surface area contributed by atoms with Crippen molar-refractivity contribution in [2.75, 3.05) is 13.2 Å². The van der Waals surface area contributed by atoms with Crippen LogP contribution in [0, 0.1) is 0 Å². The van der Waals surface area contributed by atoms with E-state index in [1.807, 2.05) is 0 Å². The van der Waals surface area contributed by atoms with Gasteiger partial charge in [0.05, 0.1) is 25.4 Å². The van der Waals surface area contributed by atoms with E-state index in [0.29, 0.717) is 12.8 Å². The Bertz CT molecular complexity index is 1200. The summed E-state index contributed by atoms with van der Waals surface area (Å²) in [6, 6.07) is -0.851. The summed E-state index contributed by atoms with van der Waals surface area (Å²) in [5.74, 6) is -0.225. The van der Waals surface area contributed by atoms with Crippen molar-refractivity contribution in [3.8, 4) is 0 Å². The van der Waals surface area contributed by atoms with Crippen molar-refractivity contribution < 1.29 is 51.8 Å². The number of unbranched alkanes of at least 4 members (excludes halogenated alkanes) is 38. The molecule has 0 spiro atoms. The molecule has 7 unspecified atom stereocenters. The Morgan fingerprint density at radius 2 is 0.866 bits per heavy atom.